The molecule has 4 rings (SSSR count). The van der Waals surface area contributed by atoms with Crippen molar-refractivity contribution >= 4 is 28.1 Å². The number of carbonyl (C=O) groups excluding carboxylic acids is 1. The number of ether oxygens (including phenoxy) is 1. The number of hydrogen-bond acceptors (Lipinski definition) is 2. The number of carbonyl (C=O) groups is 1. The Morgan fingerprint density at radius 1 is 1.03 bits per heavy atom. The van der Waals surface area contributed by atoms with E-state index in [-0.39, 0.29) is 11.7 Å². The second-order valence-electron chi connectivity index (χ2n) is 7.12. The molecule has 5 heteroatoms. The van der Waals surface area contributed by atoms with Gasteiger partial charge in [0.2, 0.25) is 0 Å². The maximum Gasteiger partial charge on any atom is 0.407 e. The van der Waals surface area contributed by atoms with Crippen LogP contribution in [0.1, 0.15) is 29.0 Å². The normalized spacial score (nSPS) is 12.6. The number of rotatable bonds is 6. The van der Waals surface area contributed by atoms with Crippen LogP contribution in [0.5, 0.6) is 0 Å². The van der Waals surface area contributed by atoms with Gasteiger partial charge in [-0.2, -0.15) is 0 Å². The summed E-state index contributed by atoms with van der Waals surface area (Å²) in [5, 5.41) is 2.77. The quantitative estimate of drug-likeness (QED) is 0.420. The molecule has 3 aromatic carbocycles. The molecule has 0 radical (unpaired) electrons. The molecule has 30 heavy (non-hydrogen) atoms. The summed E-state index contributed by atoms with van der Waals surface area (Å²) in [5.74, 6) is -0.246. The van der Waals surface area contributed by atoms with E-state index in [1.54, 1.807) is 6.07 Å². The van der Waals surface area contributed by atoms with Gasteiger partial charge in [-0.25, -0.2) is 9.18 Å². The summed E-state index contributed by atoms with van der Waals surface area (Å²) >= 11 is 3.13. The van der Waals surface area contributed by atoms with Crippen molar-refractivity contribution < 1.29 is 13.9 Å². The highest BCUT2D eigenvalue weighted by atomic mass is 79.9. The lowest BCUT2D eigenvalue weighted by molar-refractivity contribution is 0.143. The number of halogens is 2. The van der Waals surface area contributed by atoms with Crippen LogP contribution in [0.4, 0.5) is 9.18 Å². The zero-order valence-electron chi connectivity index (χ0n) is 16.3. The average molecular weight is 466 g/mol. The van der Waals surface area contributed by atoms with E-state index in [1.807, 2.05) is 42.5 Å². The second kappa shape index (κ2) is 9.26. The van der Waals surface area contributed by atoms with Gasteiger partial charge in [0.15, 0.2) is 0 Å². The summed E-state index contributed by atoms with van der Waals surface area (Å²) in [4.78, 5) is 12.1. The molecule has 1 aliphatic rings. The number of hydrogen-bond donors (Lipinski definition) is 1. The Morgan fingerprint density at radius 2 is 1.70 bits per heavy atom. The molecule has 3 aromatic rings. The highest BCUT2D eigenvalue weighted by Gasteiger charge is 2.28. The lowest BCUT2D eigenvalue weighted by atomic mass is 9.98. The minimum atomic E-state index is -0.431. The van der Waals surface area contributed by atoms with Crippen molar-refractivity contribution in [1.82, 2.24) is 5.32 Å². The third-order valence-corrected chi connectivity index (χ3v) is 5.82. The highest BCUT2D eigenvalue weighted by molar-refractivity contribution is 9.10. The monoisotopic (exact) mass is 465 g/mol. The molecule has 0 unspecified atom stereocenters. The first kappa shape index (κ1) is 20.4. The van der Waals surface area contributed by atoms with E-state index in [9.17, 15) is 9.18 Å². The van der Waals surface area contributed by atoms with Crippen LogP contribution in [0.15, 0.2) is 77.3 Å². The molecule has 0 saturated carbocycles. The van der Waals surface area contributed by atoms with E-state index in [4.69, 9.17) is 4.74 Å². The van der Waals surface area contributed by atoms with Gasteiger partial charge in [-0.1, -0.05) is 66.7 Å². The molecule has 0 aliphatic heterocycles. The Morgan fingerprint density at radius 3 is 2.37 bits per heavy atom. The molecule has 0 fully saturated rings. The molecule has 1 aliphatic carbocycles. The van der Waals surface area contributed by atoms with Crippen molar-refractivity contribution in [3.05, 3.63) is 99.8 Å². The van der Waals surface area contributed by atoms with Crippen molar-refractivity contribution in [3.8, 4) is 11.1 Å². The molecule has 0 atom stereocenters. The summed E-state index contributed by atoms with van der Waals surface area (Å²) in [6.07, 6.45) is 3.92. The van der Waals surface area contributed by atoms with Gasteiger partial charge in [-0.15, -0.1) is 0 Å². The number of benzene rings is 3. The predicted molar refractivity (Wildman–Crippen MR) is 121 cm³/mol. The number of fused-ring (bicyclic) bond motifs is 3. The Labute approximate surface area is 183 Å². The van der Waals surface area contributed by atoms with Crippen LogP contribution in [-0.4, -0.2) is 19.2 Å². The van der Waals surface area contributed by atoms with E-state index >= 15 is 0 Å². The predicted octanol–water partition coefficient (Wildman–Crippen LogP) is 6.53. The smallest absolute Gasteiger partial charge is 0.407 e. The van der Waals surface area contributed by atoms with Gasteiger partial charge >= 0.3 is 6.09 Å². The minimum absolute atomic E-state index is 0.0512. The van der Waals surface area contributed by atoms with Crippen molar-refractivity contribution in [1.29, 1.82) is 0 Å². The fourth-order valence-electron chi connectivity index (χ4n) is 3.74. The van der Waals surface area contributed by atoms with Crippen molar-refractivity contribution in [2.45, 2.75) is 12.3 Å². The summed E-state index contributed by atoms with van der Waals surface area (Å²) in [7, 11) is 0. The van der Waals surface area contributed by atoms with Crippen molar-refractivity contribution in [2.24, 2.45) is 0 Å². The number of nitrogens with one attached hydrogen (secondary N) is 1. The summed E-state index contributed by atoms with van der Waals surface area (Å²) in [6, 6.07) is 21.4. The summed E-state index contributed by atoms with van der Waals surface area (Å²) in [5.41, 5.74) is 5.57. The van der Waals surface area contributed by atoms with E-state index in [0.29, 0.717) is 24.0 Å². The fraction of sp³-hybridized carbons (Fsp3) is 0.160. The van der Waals surface area contributed by atoms with Gasteiger partial charge in [0, 0.05) is 12.5 Å². The summed E-state index contributed by atoms with van der Waals surface area (Å²) < 4.78 is 19.5. The van der Waals surface area contributed by atoms with E-state index < -0.39 is 6.09 Å². The van der Waals surface area contributed by atoms with Gasteiger partial charge in [0.1, 0.15) is 12.4 Å². The first-order valence-electron chi connectivity index (χ1n) is 9.84. The topological polar surface area (TPSA) is 38.3 Å². The van der Waals surface area contributed by atoms with Crippen LogP contribution >= 0.6 is 15.9 Å². The van der Waals surface area contributed by atoms with E-state index in [2.05, 4.69) is 45.5 Å². The molecule has 1 amide bonds. The van der Waals surface area contributed by atoms with Gasteiger partial charge in [-0.05, 0) is 62.3 Å². The number of alkyl carbamates (subject to hydrolysis) is 1. The first-order chi connectivity index (χ1) is 14.6. The van der Waals surface area contributed by atoms with Gasteiger partial charge < -0.3 is 10.1 Å². The molecule has 0 spiro atoms. The molecule has 0 saturated heterocycles. The van der Waals surface area contributed by atoms with Gasteiger partial charge in [-0.3, -0.25) is 0 Å². The number of amides is 1. The lowest BCUT2D eigenvalue weighted by Gasteiger charge is -2.14. The van der Waals surface area contributed by atoms with Crippen molar-refractivity contribution in [3.63, 3.8) is 0 Å². The molecular formula is C25H21BrFNO2. The molecular weight excluding hydrogens is 445 g/mol. The van der Waals surface area contributed by atoms with Crippen LogP contribution < -0.4 is 5.32 Å². The Hall–Kier alpha value is -2.92. The molecule has 0 bridgehead atoms. The van der Waals surface area contributed by atoms with Gasteiger partial charge in [0.05, 0.1) is 4.47 Å². The Balaban J connectivity index is 1.27. The van der Waals surface area contributed by atoms with Crippen LogP contribution in [0.3, 0.4) is 0 Å². The standard InChI is InChI=1S/C25H21BrFNO2/c26-23-13-12-17(15-24(23)27)7-5-6-14-28-25(29)30-16-22-20-10-3-1-8-18(20)19-9-2-4-11-21(19)22/h1-5,7-13,15,22H,6,14,16H2,(H,28,29). The fourth-order valence-corrected chi connectivity index (χ4v) is 3.99. The summed E-state index contributed by atoms with van der Waals surface area (Å²) in [6.45, 7) is 0.750. The van der Waals surface area contributed by atoms with Crippen LogP contribution in [0, 0.1) is 5.82 Å². The largest absolute Gasteiger partial charge is 0.449 e. The maximum absolute atomic E-state index is 13.5. The third kappa shape index (κ3) is 4.46. The zero-order chi connectivity index (χ0) is 20.9. The van der Waals surface area contributed by atoms with Crippen LogP contribution in [0.2, 0.25) is 0 Å². The second-order valence-corrected chi connectivity index (χ2v) is 7.97. The molecule has 0 heterocycles. The van der Waals surface area contributed by atoms with E-state index in [1.165, 1.54) is 28.3 Å². The Bertz CT molecular complexity index is 1050. The molecule has 1 N–H and O–H groups in total. The first-order valence-corrected chi connectivity index (χ1v) is 10.6. The molecule has 3 nitrogen and oxygen atoms in total. The van der Waals surface area contributed by atoms with E-state index in [0.717, 1.165) is 5.56 Å². The maximum atomic E-state index is 13.5. The van der Waals surface area contributed by atoms with Crippen LogP contribution in [0.25, 0.3) is 17.2 Å². The third-order valence-electron chi connectivity index (χ3n) is 5.18. The molecule has 152 valence electrons. The zero-order valence-corrected chi connectivity index (χ0v) is 17.9. The highest BCUT2D eigenvalue weighted by Crippen LogP contribution is 2.44. The minimum Gasteiger partial charge on any atom is -0.449 e. The molecule has 0 aromatic heterocycles. The van der Waals surface area contributed by atoms with Gasteiger partial charge in [0.25, 0.3) is 0 Å². The average Bonchev–Trinajstić information content (AvgIpc) is 3.08. The lowest BCUT2D eigenvalue weighted by Crippen LogP contribution is -2.26. The Kier molecular flexibility index (Phi) is 6.29. The van der Waals surface area contributed by atoms with Crippen LogP contribution in [-0.2, 0) is 4.74 Å². The SMILES string of the molecule is O=C(NCCC=Cc1ccc(Br)c(F)c1)OCC1c2ccccc2-c2ccccc21. The van der Waals surface area contributed by atoms with Crippen molar-refractivity contribution in [2.75, 3.05) is 13.2 Å².